The largest absolute Gasteiger partial charge is 0.772 e. The topological polar surface area (TPSA) is 60.4 Å². The van der Waals surface area contributed by atoms with E-state index in [9.17, 15) is 13.9 Å². The van der Waals surface area contributed by atoms with Gasteiger partial charge in [-0.1, -0.05) is 30.5 Å². The Morgan fingerprint density at radius 3 is 2.60 bits per heavy atom. The molecule has 3 nitrogen and oxygen atoms in total. The van der Waals surface area contributed by atoms with Gasteiger partial charge in [0.1, 0.15) is 0 Å². The van der Waals surface area contributed by atoms with E-state index in [1.807, 2.05) is 20.8 Å². The van der Waals surface area contributed by atoms with Crippen LogP contribution in [0.15, 0.2) is 11.1 Å². The Balaban J connectivity index is 0.00000196. The monoisotopic (exact) mass is 257 g/mol. The first kappa shape index (κ1) is 16.1. The van der Waals surface area contributed by atoms with E-state index in [0.29, 0.717) is 0 Å². The van der Waals surface area contributed by atoms with Gasteiger partial charge in [-0.3, -0.25) is 4.21 Å². The first-order chi connectivity index (χ1) is 6.34. The summed E-state index contributed by atoms with van der Waals surface area (Å²) in [5.74, 6) is 0.0515. The predicted octanol–water partition coefficient (Wildman–Crippen LogP) is 1.36. The number of hydrogen-bond acceptors (Lipinski definition) is 3. The SMILES string of the molecule is CC1=C(CS(=O)[O-])C(C)(C)CCC1O.[Ar]. The third-order valence-electron chi connectivity index (χ3n) is 3.10. The van der Waals surface area contributed by atoms with Crippen molar-refractivity contribution in [1.82, 2.24) is 0 Å². The molecule has 90 valence electrons. The molecule has 0 aromatic carbocycles. The molecular weight excluding hydrogens is 240 g/mol. The van der Waals surface area contributed by atoms with Crippen molar-refractivity contribution in [3.8, 4) is 0 Å². The van der Waals surface area contributed by atoms with Crippen molar-refractivity contribution in [3.63, 3.8) is 0 Å². The molecule has 0 fully saturated rings. The van der Waals surface area contributed by atoms with Crippen LogP contribution in [0.1, 0.15) is 33.6 Å². The molecule has 1 aliphatic rings. The molecule has 2 unspecified atom stereocenters. The van der Waals surface area contributed by atoms with Crippen molar-refractivity contribution in [3.05, 3.63) is 11.1 Å². The van der Waals surface area contributed by atoms with E-state index < -0.39 is 17.2 Å². The molecule has 0 aromatic heterocycles. The Bertz CT molecular complexity index is 286. The summed E-state index contributed by atoms with van der Waals surface area (Å²) in [5, 5.41) is 9.63. The van der Waals surface area contributed by atoms with Gasteiger partial charge in [0.15, 0.2) is 0 Å². The minimum Gasteiger partial charge on any atom is -0.772 e. The first-order valence-electron chi connectivity index (χ1n) is 4.78. The molecule has 5 heteroatoms. The third-order valence-corrected chi connectivity index (χ3v) is 3.62. The molecule has 15 heavy (non-hydrogen) atoms. The van der Waals surface area contributed by atoms with E-state index in [1.54, 1.807) is 0 Å². The van der Waals surface area contributed by atoms with Crippen LogP contribution in [0, 0.1) is 43.2 Å². The van der Waals surface area contributed by atoms with Crippen LogP contribution >= 0.6 is 0 Å². The maximum atomic E-state index is 10.7. The molecule has 2 atom stereocenters. The zero-order valence-corrected chi connectivity index (χ0v) is 10.7. The molecule has 0 saturated carbocycles. The van der Waals surface area contributed by atoms with E-state index >= 15 is 0 Å². The van der Waals surface area contributed by atoms with E-state index in [4.69, 9.17) is 0 Å². The average Bonchev–Trinajstić information content (AvgIpc) is 2.06. The smallest absolute Gasteiger partial charge is 0.0750 e. The van der Waals surface area contributed by atoms with Crippen molar-refractivity contribution >= 4 is 11.1 Å². The minimum absolute atomic E-state index is 0. The van der Waals surface area contributed by atoms with Gasteiger partial charge >= 0.3 is 0 Å². The maximum absolute atomic E-state index is 10.7. The van der Waals surface area contributed by atoms with Crippen LogP contribution in [0.3, 0.4) is 0 Å². The summed E-state index contributed by atoms with van der Waals surface area (Å²) in [4.78, 5) is 0. The van der Waals surface area contributed by atoms with Crippen molar-refractivity contribution in [2.75, 3.05) is 5.75 Å². The normalized spacial score (nSPS) is 27.1. The molecular formula is C10H17ArO3S-. The first-order valence-corrected chi connectivity index (χ1v) is 6.03. The predicted molar refractivity (Wildman–Crippen MR) is 55.5 cm³/mol. The molecule has 0 aromatic rings. The molecule has 0 aliphatic heterocycles. The van der Waals surface area contributed by atoms with Crippen LogP contribution < -0.4 is 0 Å². The Hall–Kier alpha value is 1.07. The van der Waals surface area contributed by atoms with Gasteiger partial charge in [-0.05, 0) is 30.8 Å². The van der Waals surface area contributed by atoms with Crippen LogP contribution in [0.25, 0.3) is 0 Å². The fraction of sp³-hybridized carbons (Fsp3) is 0.800. The van der Waals surface area contributed by atoms with Crippen LogP contribution in [-0.2, 0) is 11.1 Å². The fourth-order valence-electron chi connectivity index (χ4n) is 2.03. The zero-order valence-electron chi connectivity index (χ0n) is 9.22. The number of rotatable bonds is 2. The van der Waals surface area contributed by atoms with Crippen LogP contribution in [0.4, 0.5) is 0 Å². The molecule has 0 bridgehead atoms. The molecule has 1 rings (SSSR count). The van der Waals surface area contributed by atoms with Gasteiger partial charge in [-0.25, -0.2) is 0 Å². The molecule has 0 amide bonds. The number of aliphatic hydroxyl groups is 1. The standard InChI is InChI=1S/C10H18O3S.Ar/c1-7-8(6-14(12)13)10(2,3)5-4-9(7)11;/h9,11H,4-6H2,1-3H3,(H,12,13);/p-1. The third kappa shape index (κ3) is 4.10. The quantitative estimate of drug-likeness (QED) is 0.600. The van der Waals surface area contributed by atoms with E-state index in [1.165, 1.54) is 0 Å². The number of hydrogen-bond donors (Lipinski definition) is 1. The summed E-state index contributed by atoms with van der Waals surface area (Å²) in [6.45, 7) is 5.89. The number of aliphatic hydroxyl groups excluding tert-OH is 1. The molecule has 0 saturated heterocycles. The molecule has 0 radical (unpaired) electrons. The van der Waals surface area contributed by atoms with Crippen molar-refractivity contribution in [1.29, 1.82) is 0 Å². The second-order valence-electron chi connectivity index (χ2n) is 4.55. The summed E-state index contributed by atoms with van der Waals surface area (Å²) in [6, 6.07) is 0. The summed E-state index contributed by atoms with van der Waals surface area (Å²) in [5.41, 5.74) is 1.62. The molecule has 0 spiro atoms. The Morgan fingerprint density at radius 2 is 2.13 bits per heavy atom. The molecule has 1 N–H and O–H groups in total. The average molecular weight is 257 g/mol. The van der Waals surface area contributed by atoms with Crippen LogP contribution in [0.5, 0.6) is 0 Å². The second kappa shape index (κ2) is 6.12. The van der Waals surface area contributed by atoms with Crippen molar-refractivity contribution < 1.29 is 51.6 Å². The summed E-state index contributed by atoms with van der Waals surface area (Å²) in [6.07, 6.45) is 1.12. The fourth-order valence-corrected chi connectivity index (χ4v) is 2.88. The Labute approximate surface area is 124 Å². The van der Waals surface area contributed by atoms with Crippen molar-refractivity contribution in [2.24, 2.45) is 5.41 Å². The summed E-state index contributed by atoms with van der Waals surface area (Å²) < 4.78 is 21.4. The van der Waals surface area contributed by atoms with Gasteiger partial charge in [0.25, 0.3) is 0 Å². The van der Waals surface area contributed by atoms with Gasteiger partial charge in [-0.15, -0.1) is 0 Å². The van der Waals surface area contributed by atoms with Gasteiger partial charge in [-0.2, -0.15) is 0 Å². The summed E-state index contributed by atoms with van der Waals surface area (Å²) in [7, 11) is 0. The van der Waals surface area contributed by atoms with E-state index in [-0.39, 0.29) is 48.9 Å². The maximum Gasteiger partial charge on any atom is 0.0750 e. The molecule has 0 heterocycles. The van der Waals surface area contributed by atoms with Gasteiger partial charge in [0.2, 0.25) is 0 Å². The van der Waals surface area contributed by atoms with Gasteiger partial charge in [0, 0.05) is 43.5 Å². The summed E-state index contributed by atoms with van der Waals surface area (Å²) >= 11 is -2.06. The van der Waals surface area contributed by atoms with E-state index in [0.717, 1.165) is 24.0 Å². The minimum atomic E-state index is -2.06. The Morgan fingerprint density at radius 1 is 1.60 bits per heavy atom. The van der Waals surface area contributed by atoms with Crippen LogP contribution in [0.2, 0.25) is 0 Å². The second-order valence-corrected chi connectivity index (χ2v) is 5.44. The van der Waals surface area contributed by atoms with E-state index in [2.05, 4.69) is 0 Å². The van der Waals surface area contributed by atoms with Crippen LogP contribution in [-0.4, -0.2) is 25.7 Å². The van der Waals surface area contributed by atoms with Crippen molar-refractivity contribution in [2.45, 2.75) is 39.7 Å². The molecule has 1 aliphatic carbocycles. The Kier molecular flexibility index (Phi) is 6.56. The van der Waals surface area contributed by atoms with Gasteiger partial charge in [0.05, 0.1) is 6.10 Å². The zero-order chi connectivity index (χ0) is 10.9. The van der Waals surface area contributed by atoms with Gasteiger partial charge < -0.3 is 9.66 Å².